The van der Waals surface area contributed by atoms with Crippen molar-refractivity contribution in [1.29, 1.82) is 0 Å². The van der Waals surface area contributed by atoms with Gasteiger partial charge in [0, 0.05) is 31.7 Å². The van der Waals surface area contributed by atoms with E-state index in [-0.39, 0.29) is 11.9 Å². The van der Waals surface area contributed by atoms with E-state index in [1.54, 1.807) is 0 Å². The minimum atomic E-state index is -0.0838. The molecule has 1 aliphatic heterocycles. The molecule has 1 saturated heterocycles. The summed E-state index contributed by atoms with van der Waals surface area (Å²) in [6, 6.07) is 11.2. The van der Waals surface area contributed by atoms with Crippen LogP contribution in [-0.2, 0) is 16.1 Å². The van der Waals surface area contributed by atoms with E-state index in [2.05, 4.69) is 48.3 Å². The van der Waals surface area contributed by atoms with Crippen molar-refractivity contribution in [1.82, 2.24) is 10.2 Å². The molecule has 1 aliphatic rings. The van der Waals surface area contributed by atoms with Gasteiger partial charge in [-0.1, -0.05) is 37.3 Å². The van der Waals surface area contributed by atoms with E-state index >= 15 is 0 Å². The van der Waals surface area contributed by atoms with E-state index in [0.717, 1.165) is 32.5 Å². The summed E-state index contributed by atoms with van der Waals surface area (Å²) in [4.78, 5) is 14.4. The quantitative estimate of drug-likeness (QED) is 0.820. The molecule has 1 N–H and O–H groups in total. The van der Waals surface area contributed by atoms with Crippen LogP contribution in [0.5, 0.6) is 0 Å². The Bertz CT molecular complexity index is 463. The van der Waals surface area contributed by atoms with Gasteiger partial charge in [-0.3, -0.25) is 9.69 Å². The zero-order valence-corrected chi connectivity index (χ0v) is 13.9. The number of nitrogens with zero attached hydrogens (tertiary/aromatic N) is 1. The summed E-state index contributed by atoms with van der Waals surface area (Å²) >= 11 is 0. The van der Waals surface area contributed by atoms with Crippen molar-refractivity contribution in [2.75, 3.05) is 20.2 Å². The fraction of sp³-hybridized carbons (Fsp3) is 0.611. The fourth-order valence-electron chi connectivity index (χ4n) is 3.09. The third-order valence-corrected chi connectivity index (χ3v) is 4.67. The molecule has 0 aliphatic carbocycles. The number of carbonyl (C=O) groups is 1. The Balaban J connectivity index is 1.97. The zero-order chi connectivity index (χ0) is 15.9. The lowest BCUT2D eigenvalue weighted by atomic mass is 9.92. The Hall–Kier alpha value is -1.39. The minimum absolute atomic E-state index is 0.0268. The molecule has 4 heteroatoms. The lowest BCUT2D eigenvalue weighted by Crippen LogP contribution is -2.53. The van der Waals surface area contributed by atoms with Crippen LogP contribution in [0.4, 0.5) is 0 Å². The molecule has 122 valence electrons. The van der Waals surface area contributed by atoms with Crippen LogP contribution in [0.2, 0.25) is 0 Å². The van der Waals surface area contributed by atoms with E-state index in [4.69, 9.17) is 4.74 Å². The van der Waals surface area contributed by atoms with E-state index in [0.29, 0.717) is 12.1 Å². The molecular weight excluding hydrogens is 276 g/mol. The number of likely N-dealkylation sites (tertiary alicyclic amines) is 1. The maximum atomic E-state index is 12.0. The molecular formula is C18H28N2O2. The van der Waals surface area contributed by atoms with E-state index < -0.39 is 0 Å². The van der Waals surface area contributed by atoms with Crippen molar-refractivity contribution >= 4 is 5.97 Å². The van der Waals surface area contributed by atoms with Crippen LogP contribution < -0.4 is 5.32 Å². The average Bonchev–Trinajstić information content (AvgIpc) is 2.59. The minimum Gasteiger partial charge on any atom is -0.469 e. The van der Waals surface area contributed by atoms with Gasteiger partial charge in [0.15, 0.2) is 0 Å². The number of piperidine rings is 1. The molecule has 1 aromatic rings. The first-order valence-electron chi connectivity index (χ1n) is 8.23. The Labute approximate surface area is 133 Å². The van der Waals surface area contributed by atoms with E-state index in [1.165, 1.54) is 12.7 Å². The van der Waals surface area contributed by atoms with Gasteiger partial charge in [-0.25, -0.2) is 0 Å². The molecule has 2 rings (SSSR count). The number of rotatable bonds is 6. The highest BCUT2D eigenvalue weighted by Crippen LogP contribution is 2.21. The second kappa shape index (κ2) is 8.30. The summed E-state index contributed by atoms with van der Waals surface area (Å²) in [5.41, 5.74) is 1.28. The van der Waals surface area contributed by atoms with Crippen LogP contribution in [-0.4, -0.2) is 43.2 Å². The van der Waals surface area contributed by atoms with Gasteiger partial charge >= 0.3 is 5.97 Å². The monoisotopic (exact) mass is 304 g/mol. The summed E-state index contributed by atoms with van der Waals surface area (Å²) < 4.78 is 4.97. The summed E-state index contributed by atoms with van der Waals surface area (Å²) in [6.45, 7) is 7.07. The van der Waals surface area contributed by atoms with Crippen LogP contribution in [0.3, 0.4) is 0 Å². The molecule has 1 heterocycles. The fourth-order valence-corrected chi connectivity index (χ4v) is 3.09. The van der Waals surface area contributed by atoms with Crippen molar-refractivity contribution in [2.45, 2.75) is 45.3 Å². The summed E-state index contributed by atoms with van der Waals surface area (Å²) in [6.07, 6.45) is 1.95. The highest BCUT2D eigenvalue weighted by Gasteiger charge is 2.33. The smallest absolute Gasteiger partial charge is 0.310 e. The van der Waals surface area contributed by atoms with Gasteiger partial charge in [0.25, 0.3) is 0 Å². The molecule has 0 saturated carbocycles. The number of methoxy groups -OCH3 is 1. The molecule has 0 radical (unpaired) electrons. The number of hydrogen-bond acceptors (Lipinski definition) is 4. The Morgan fingerprint density at radius 1 is 1.36 bits per heavy atom. The highest BCUT2D eigenvalue weighted by molar-refractivity contribution is 5.72. The van der Waals surface area contributed by atoms with Gasteiger partial charge < -0.3 is 10.1 Å². The van der Waals surface area contributed by atoms with Gasteiger partial charge in [0.2, 0.25) is 0 Å². The second-order valence-electron chi connectivity index (χ2n) is 6.23. The molecule has 0 bridgehead atoms. The van der Waals surface area contributed by atoms with Crippen LogP contribution in [0, 0.1) is 5.92 Å². The SMILES string of the molecule is CCC(C)N1CC(NCc2ccccc2)CC(C(=O)OC)C1. The molecule has 0 spiro atoms. The molecule has 1 aromatic carbocycles. The van der Waals surface area contributed by atoms with Gasteiger partial charge in [-0.15, -0.1) is 0 Å². The first-order chi connectivity index (χ1) is 10.6. The number of hydrogen-bond donors (Lipinski definition) is 1. The van der Waals surface area contributed by atoms with Crippen LogP contribution in [0.25, 0.3) is 0 Å². The molecule has 4 nitrogen and oxygen atoms in total. The molecule has 0 amide bonds. The van der Waals surface area contributed by atoms with E-state index in [1.807, 2.05) is 6.07 Å². The van der Waals surface area contributed by atoms with Crippen LogP contribution in [0.1, 0.15) is 32.3 Å². The van der Waals surface area contributed by atoms with Gasteiger partial charge in [-0.05, 0) is 25.3 Å². The number of benzene rings is 1. The maximum Gasteiger partial charge on any atom is 0.310 e. The van der Waals surface area contributed by atoms with Gasteiger partial charge in [0.05, 0.1) is 13.0 Å². The molecule has 0 aromatic heterocycles. The van der Waals surface area contributed by atoms with Crippen molar-refractivity contribution < 1.29 is 9.53 Å². The van der Waals surface area contributed by atoms with Crippen molar-refractivity contribution in [3.63, 3.8) is 0 Å². The number of esters is 1. The van der Waals surface area contributed by atoms with Crippen LogP contribution in [0.15, 0.2) is 30.3 Å². The molecule has 22 heavy (non-hydrogen) atoms. The lowest BCUT2D eigenvalue weighted by Gasteiger charge is -2.40. The average molecular weight is 304 g/mol. The topological polar surface area (TPSA) is 41.6 Å². The normalized spacial score (nSPS) is 24.0. The van der Waals surface area contributed by atoms with Gasteiger partial charge in [0.1, 0.15) is 0 Å². The number of nitrogens with one attached hydrogen (secondary N) is 1. The predicted octanol–water partition coefficient (Wildman–Crippen LogP) is 2.44. The molecule has 3 unspecified atom stereocenters. The van der Waals surface area contributed by atoms with Crippen LogP contribution >= 0.6 is 0 Å². The standard InChI is InChI=1S/C18H28N2O2/c1-4-14(2)20-12-16(18(21)22-3)10-17(13-20)19-11-15-8-6-5-7-9-15/h5-9,14,16-17,19H,4,10-13H2,1-3H3. The largest absolute Gasteiger partial charge is 0.469 e. The summed E-state index contributed by atoms with van der Waals surface area (Å²) in [5.74, 6) is -0.111. The first-order valence-corrected chi connectivity index (χ1v) is 8.23. The predicted molar refractivity (Wildman–Crippen MR) is 88.5 cm³/mol. The summed E-state index contributed by atoms with van der Waals surface area (Å²) in [7, 11) is 1.48. The summed E-state index contributed by atoms with van der Waals surface area (Å²) in [5, 5.41) is 3.61. The maximum absolute atomic E-state index is 12.0. The highest BCUT2D eigenvalue weighted by atomic mass is 16.5. The van der Waals surface area contributed by atoms with E-state index in [9.17, 15) is 4.79 Å². The number of ether oxygens (including phenoxy) is 1. The molecule has 3 atom stereocenters. The zero-order valence-electron chi connectivity index (χ0n) is 13.9. The van der Waals surface area contributed by atoms with Crippen molar-refractivity contribution in [2.24, 2.45) is 5.92 Å². The van der Waals surface area contributed by atoms with Gasteiger partial charge in [-0.2, -0.15) is 0 Å². The third-order valence-electron chi connectivity index (χ3n) is 4.67. The first kappa shape index (κ1) is 17.0. The Kier molecular flexibility index (Phi) is 6.40. The van der Waals surface area contributed by atoms with Crippen molar-refractivity contribution in [3.8, 4) is 0 Å². The molecule has 1 fully saturated rings. The lowest BCUT2D eigenvalue weighted by molar-refractivity contribution is -0.148. The number of carbonyl (C=O) groups excluding carboxylic acids is 1. The Morgan fingerprint density at radius 2 is 2.09 bits per heavy atom. The van der Waals surface area contributed by atoms with Crippen molar-refractivity contribution in [3.05, 3.63) is 35.9 Å². The third kappa shape index (κ3) is 4.55. The second-order valence-corrected chi connectivity index (χ2v) is 6.23. The Morgan fingerprint density at radius 3 is 2.73 bits per heavy atom.